The first-order valence-electron chi connectivity index (χ1n) is 10.8. The van der Waals surface area contributed by atoms with Crippen molar-refractivity contribution in [3.05, 3.63) is 35.4 Å². The summed E-state index contributed by atoms with van der Waals surface area (Å²) in [6.07, 6.45) is -0.0523. The monoisotopic (exact) mass is 427 g/mol. The van der Waals surface area contributed by atoms with Crippen LogP contribution in [0.5, 0.6) is 0 Å². The molecule has 30 heavy (non-hydrogen) atoms. The molecule has 0 bridgehead atoms. The van der Waals surface area contributed by atoms with Crippen LogP contribution in [0.3, 0.4) is 0 Å². The number of nitrogens with zero attached hydrogens (tertiary/aromatic N) is 1. The molecule has 0 spiro atoms. The minimum atomic E-state index is -4.37. The van der Waals surface area contributed by atoms with E-state index in [1.807, 2.05) is 6.92 Å². The Morgan fingerprint density at radius 1 is 1.20 bits per heavy atom. The van der Waals surface area contributed by atoms with E-state index in [2.05, 4.69) is 10.6 Å². The zero-order chi connectivity index (χ0) is 21.6. The van der Waals surface area contributed by atoms with E-state index in [9.17, 15) is 18.3 Å². The van der Waals surface area contributed by atoms with Crippen LogP contribution in [0, 0.1) is 0 Å². The summed E-state index contributed by atoms with van der Waals surface area (Å²) in [6, 6.07) is 5.88. The summed E-state index contributed by atoms with van der Waals surface area (Å²) in [5.74, 6) is 0.678. The number of halogens is 3. The first-order valence-corrected chi connectivity index (χ1v) is 10.8. The van der Waals surface area contributed by atoms with E-state index in [1.54, 1.807) is 6.07 Å². The van der Waals surface area contributed by atoms with Crippen molar-refractivity contribution in [1.82, 2.24) is 10.6 Å². The van der Waals surface area contributed by atoms with Crippen LogP contribution < -0.4 is 10.6 Å². The fourth-order valence-electron chi connectivity index (χ4n) is 4.29. The van der Waals surface area contributed by atoms with Crippen LogP contribution in [0.4, 0.5) is 13.2 Å². The van der Waals surface area contributed by atoms with Gasteiger partial charge in [-0.05, 0) is 57.1 Å². The number of aliphatic imine (C=N–C) groups is 1. The molecule has 1 aromatic rings. The number of hydrogen-bond acceptors (Lipinski definition) is 3. The minimum absolute atomic E-state index is 0.228. The van der Waals surface area contributed by atoms with Crippen molar-refractivity contribution in [2.24, 2.45) is 4.99 Å². The second kappa shape index (κ2) is 10.0. The van der Waals surface area contributed by atoms with Gasteiger partial charge in [-0.3, -0.25) is 4.99 Å². The molecule has 1 saturated heterocycles. The third-order valence-electron chi connectivity index (χ3n) is 6.17. The molecule has 8 heteroatoms. The van der Waals surface area contributed by atoms with Gasteiger partial charge in [0.1, 0.15) is 0 Å². The predicted molar refractivity (Wildman–Crippen MR) is 111 cm³/mol. The Hall–Kier alpha value is -1.80. The zero-order valence-corrected chi connectivity index (χ0v) is 17.5. The lowest BCUT2D eigenvalue weighted by atomic mass is 9.74. The highest BCUT2D eigenvalue weighted by Crippen LogP contribution is 2.38. The van der Waals surface area contributed by atoms with E-state index in [4.69, 9.17) is 9.73 Å². The Labute approximate surface area is 176 Å². The lowest BCUT2D eigenvalue weighted by molar-refractivity contribution is -0.137. The van der Waals surface area contributed by atoms with Crippen LogP contribution in [-0.4, -0.2) is 49.5 Å². The summed E-state index contributed by atoms with van der Waals surface area (Å²) in [4.78, 5) is 4.79. The SMILES string of the molecule is CCNC(=NCC1(c2cccc(C(F)(F)F)c2)CCOCC1)NC1CCC(O)CC1. The summed E-state index contributed by atoms with van der Waals surface area (Å²) >= 11 is 0. The fourth-order valence-corrected chi connectivity index (χ4v) is 4.29. The average molecular weight is 428 g/mol. The van der Waals surface area contributed by atoms with Crippen molar-refractivity contribution in [1.29, 1.82) is 0 Å². The molecular formula is C22H32F3N3O2. The average Bonchev–Trinajstić information content (AvgIpc) is 2.74. The molecule has 2 fully saturated rings. The zero-order valence-electron chi connectivity index (χ0n) is 17.5. The molecule has 0 amide bonds. The number of benzene rings is 1. The highest BCUT2D eigenvalue weighted by Gasteiger charge is 2.37. The molecule has 1 aromatic carbocycles. The van der Waals surface area contributed by atoms with Crippen LogP contribution in [0.1, 0.15) is 56.6 Å². The fraction of sp³-hybridized carbons (Fsp3) is 0.682. The number of aliphatic hydroxyl groups is 1. The molecule has 0 aromatic heterocycles. The van der Waals surface area contributed by atoms with E-state index < -0.39 is 17.2 Å². The van der Waals surface area contributed by atoms with Crippen LogP contribution in [0.2, 0.25) is 0 Å². The van der Waals surface area contributed by atoms with Gasteiger partial charge in [0.05, 0.1) is 18.2 Å². The molecule has 0 radical (unpaired) electrons. The van der Waals surface area contributed by atoms with Gasteiger partial charge in [0.25, 0.3) is 0 Å². The molecule has 1 aliphatic carbocycles. The van der Waals surface area contributed by atoms with Gasteiger partial charge in [-0.1, -0.05) is 18.2 Å². The molecule has 3 N–H and O–H groups in total. The second-order valence-corrected chi connectivity index (χ2v) is 8.32. The van der Waals surface area contributed by atoms with Crippen molar-refractivity contribution in [3.63, 3.8) is 0 Å². The van der Waals surface area contributed by atoms with Crippen LogP contribution in [0.15, 0.2) is 29.3 Å². The second-order valence-electron chi connectivity index (χ2n) is 8.32. The topological polar surface area (TPSA) is 65.9 Å². The quantitative estimate of drug-likeness (QED) is 0.496. The van der Waals surface area contributed by atoms with E-state index in [1.165, 1.54) is 12.1 Å². The van der Waals surface area contributed by atoms with Crippen molar-refractivity contribution >= 4 is 5.96 Å². The minimum Gasteiger partial charge on any atom is -0.393 e. The number of ether oxygens (including phenoxy) is 1. The van der Waals surface area contributed by atoms with Crippen molar-refractivity contribution < 1.29 is 23.0 Å². The summed E-state index contributed by atoms with van der Waals surface area (Å²) in [6.45, 7) is 4.09. The lowest BCUT2D eigenvalue weighted by Crippen LogP contribution is -2.46. The van der Waals surface area contributed by atoms with Gasteiger partial charge in [-0.2, -0.15) is 13.2 Å². The Morgan fingerprint density at radius 2 is 1.90 bits per heavy atom. The maximum atomic E-state index is 13.3. The molecule has 3 rings (SSSR count). The van der Waals surface area contributed by atoms with Crippen LogP contribution in [-0.2, 0) is 16.3 Å². The number of hydrogen-bond donors (Lipinski definition) is 3. The van der Waals surface area contributed by atoms with Gasteiger partial charge in [0.2, 0.25) is 0 Å². The van der Waals surface area contributed by atoms with Crippen molar-refractivity contribution in [2.45, 2.75) is 69.2 Å². The number of nitrogens with one attached hydrogen (secondary N) is 2. The summed E-state index contributed by atoms with van der Waals surface area (Å²) < 4.78 is 45.3. The molecule has 1 aliphatic heterocycles. The summed E-state index contributed by atoms with van der Waals surface area (Å²) in [5.41, 5.74) is -0.438. The van der Waals surface area contributed by atoms with E-state index in [-0.39, 0.29) is 12.1 Å². The third kappa shape index (κ3) is 5.88. The molecule has 2 aliphatic rings. The molecule has 0 unspecified atom stereocenters. The van der Waals surface area contributed by atoms with E-state index >= 15 is 0 Å². The number of aliphatic hydroxyl groups excluding tert-OH is 1. The first kappa shape index (κ1) is 22.9. The summed E-state index contributed by atoms with van der Waals surface area (Å²) in [7, 11) is 0. The van der Waals surface area contributed by atoms with Gasteiger partial charge in [0.15, 0.2) is 5.96 Å². The van der Waals surface area contributed by atoms with E-state index in [0.717, 1.165) is 31.7 Å². The molecule has 0 atom stereocenters. The maximum Gasteiger partial charge on any atom is 0.416 e. The lowest BCUT2D eigenvalue weighted by Gasteiger charge is -2.37. The van der Waals surface area contributed by atoms with Crippen LogP contribution in [0.25, 0.3) is 0 Å². The molecule has 5 nitrogen and oxygen atoms in total. The van der Waals surface area contributed by atoms with Gasteiger partial charge in [-0.15, -0.1) is 0 Å². The maximum absolute atomic E-state index is 13.3. The third-order valence-corrected chi connectivity index (χ3v) is 6.17. The van der Waals surface area contributed by atoms with Crippen molar-refractivity contribution in [2.75, 3.05) is 26.3 Å². The van der Waals surface area contributed by atoms with Gasteiger partial charge < -0.3 is 20.5 Å². The normalized spacial score (nSPS) is 25.0. The number of alkyl halides is 3. The smallest absolute Gasteiger partial charge is 0.393 e. The van der Waals surface area contributed by atoms with Gasteiger partial charge in [-0.25, -0.2) is 0 Å². The molecule has 1 heterocycles. The highest BCUT2D eigenvalue weighted by atomic mass is 19.4. The standard InChI is InChI=1S/C22H32F3N3O2/c1-2-26-20(28-18-6-8-19(29)9-7-18)27-15-21(10-12-30-13-11-21)16-4-3-5-17(14-16)22(23,24)25/h3-5,14,18-19,29H,2,6-13,15H2,1H3,(H2,26,27,28). The Balaban J connectivity index is 1.80. The highest BCUT2D eigenvalue weighted by molar-refractivity contribution is 5.80. The summed E-state index contributed by atoms with van der Waals surface area (Å²) in [5, 5.41) is 16.4. The number of rotatable bonds is 5. The first-order chi connectivity index (χ1) is 14.3. The van der Waals surface area contributed by atoms with Gasteiger partial charge >= 0.3 is 6.18 Å². The largest absolute Gasteiger partial charge is 0.416 e. The molecule has 168 valence electrons. The number of guanidine groups is 1. The van der Waals surface area contributed by atoms with E-state index in [0.29, 0.717) is 50.7 Å². The Bertz CT molecular complexity index is 710. The molecule has 1 saturated carbocycles. The molecular weight excluding hydrogens is 395 g/mol. The van der Waals surface area contributed by atoms with Crippen LogP contribution >= 0.6 is 0 Å². The van der Waals surface area contributed by atoms with Gasteiger partial charge in [0, 0.05) is 31.2 Å². The Kier molecular flexibility index (Phi) is 7.63. The predicted octanol–water partition coefficient (Wildman–Crippen LogP) is 3.61. The Morgan fingerprint density at radius 3 is 2.53 bits per heavy atom. The van der Waals surface area contributed by atoms with Crippen molar-refractivity contribution in [3.8, 4) is 0 Å².